The molecule has 5 heteroatoms. The average molecular weight is 302 g/mol. The fraction of sp³-hybridized carbons (Fsp3) is 0.471. The molecule has 1 aliphatic rings. The molecule has 0 radical (unpaired) electrons. The molecule has 118 valence electrons. The van der Waals surface area contributed by atoms with Crippen LogP contribution in [0.25, 0.3) is 10.9 Å². The first-order valence-electron chi connectivity index (χ1n) is 7.64. The first-order chi connectivity index (χ1) is 10.7. The largest absolute Gasteiger partial charge is 0.377 e. The first kappa shape index (κ1) is 15.1. The Balaban J connectivity index is 1.62. The molecule has 1 N–H and O–H groups in total. The number of methoxy groups -OCH3 is 1. The van der Waals surface area contributed by atoms with Gasteiger partial charge in [0.15, 0.2) is 0 Å². The van der Waals surface area contributed by atoms with E-state index in [4.69, 9.17) is 9.47 Å². The summed E-state index contributed by atoms with van der Waals surface area (Å²) in [6.45, 7) is 3.82. The van der Waals surface area contributed by atoms with E-state index >= 15 is 0 Å². The molecule has 1 amide bonds. The number of amides is 1. The third-order valence-electron chi connectivity index (χ3n) is 4.26. The fourth-order valence-electron chi connectivity index (χ4n) is 3.04. The number of hydrogen-bond donors (Lipinski definition) is 1. The molecule has 2 aromatic rings. The Morgan fingerprint density at radius 2 is 2.23 bits per heavy atom. The van der Waals surface area contributed by atoms with Gasteiger partial charge in [0.1, 0.15) is 6.10 Å². The Hall–Kier alpha value is -1.85. The topological polar surface area (TPSA) is 52.5 Å². The molecule has 5 nitrogen and oxygen atoms in total. The third-order valence-corrected chi connectivity index (χ3v) is 4.26. The maximum Gasteiger partial charge on any atom is 0.222 e. The lowest BCUT2D eigenvalue weighted by Gasteiger charge is -2.18. The molecule has 3 rings (SSSR count). The molecular weight excluding hydrogens is 280 g/mol. The van der Waals surface area contributed by atoms with Crippen molar-refractivity contribution in [1.82, 2.24) is 9.88 Å². The van der Waals surface area contributed by atoms with Gasteiger partial charge in [0.05, 0.1) is 19.3 Å². The number of fused-ring (bicyclic) bond motifs is 1. The zero-order chi connectivity index (χ0) is 15.5. The number of carbonyl (C=O) groups excluding carboxylic acids is 1. The molecule has 0 unspecified atom stereocenters. The summed E-state index contributed by atoms with van der Waals surface area (Å²) in [4.78, 5) is 12.2. The molecule has 22 heavy (non-hydrogen) atoms. The van der Waals surface area contributed by atoms with Gasteiger partial charge in [-0.2, -0.15) is 0 Å². The number of carbonyl (C=O) groups is 1. The predicted molar refractivity (Wildman–Crippen MR) is 84.8 cm³/mol. The Labute approximate surface area is 130 Å². The number of ether oxygens (including phenoxy) is 2. The summed E-state index contributed by atoms with van der Waals surface area (Å²) in [5.41, 5.74) is 2.35. The quantitative estimate of drug-likeness (QED) is 0.917. The fourth-order valence-corrected chi connectivity index (χ4v) is 3.04. The van der Waals surface area contributed by atoms with Gasteiger partial charge < -0.3 is 19.4 Å². The molecule has 1 aliphatic heterocycles. The van der Waals surface area contributed by atoms with Crippen molar-refractivity contribution in [2.24, 2.45) is 0 Å². The van der Waals surface area contributed by atoms with Crippen LogP contribution >= 0.6 is 0 Å². The SMILES string of the molecule is CO[C@H]1COC[C@@H]1NC(=O)CCn1c(C)cc2ccccc21. The Kier molecular flexibility index (Phi) is 4.45. The summed E-state index contributed by atoms with van der Waals surface area (Å²) in [5.74, 6) is 0.0368. The van der Waals surface area contributed by atoms with E-state index in [9.17, 15) is 4.79 Å². The first-order valence-corrected chi connectivity index (χ1v) is 7.64. The minimum atomic E-state index is -0.0434. The van der Waals surface area contributed by atoms with Gasteiger partial charge in [-0.3, -0.25) is 4.79 Å². The lowest BCUT2D eigenvalue weighted by Crippen LogP contribution is -2.43. The molecule has 1 saturated heterocycles. The second-order valence-corrected chi connectivity index (χ2v) is 5.73. The standard InChI is InChI=1S/C17H22N2O3/c1-12-9-13-5-3-4-6-15(13)19(12)8-7-17(20)18-14-10-22-11-16(14)21-2/h3-6,9,14,16H,7-8,10-11H2,1-2H3,(H,18,20)/t14-,16-/m0/s1. The molecule has 2 atom stereocenters. The molecule has 0 saturated carbocycles. The summed E-state index contributed by atoms with van der Waals surface area (Å²) >= 11 is 0. The van der Waals surface area contributed by atoms with Crippen LogP contribution in [0.2, 0.25) is 0 Å². The summed E-state index contributed by atoms with van der Waals surface area (Å²) in [6.07, 6.45) is 0.407. The van der Waals surface area contributed by atoms with Crippen molar-refractivity contribution >= 4 is 16.8 Å². The van der Waals surface area contributed by atoms with Crippen LogP contribution in [-0.2, 0) is 20.8 Å². The summed E-state index contributed by atoms with van der Waals surface area (Å²) < 4.78 is 12.8. The van der Waals surface area contributed by atoms with E-state index in [0.717, 1.165) is 0 Å². The van der Waals surface area contributed by atoms with Crippen LogP contribution in [0.3, 0.4) is 0 Å². The molecule has 2 heterocycles. The van der Waals surface area contributed by atoms with E-state index in [1.807, 2.05) is 12.1 Å². The zero-order valence-corrected chi connectivity index (χ0v) is 13.0. The lowest BCUT2D eigenvalue weighted by atomic mass is 10.2. The van der Waals surface area contributed by atoms with Crippen molar-refractivity contribution in [3.63, 3.8) is 0 Å². The number of nitrogens with zero attached hydrogens (tertiary/aromatic N) is 1. The Morgan fingerprint density at radius 1 is 1.41 bits per heavy atom. The highest BCUT2D eigenvalue weighted by molar-refractivity contribution is 5.81. The normalized spacial score (nSPS) is 21.4. The van der Waals surface area contributed by atoms with Crippen LogP contribution in [0.15, 0.2) is 30.3 Å². The highest BCUT2D eigenvalue weighted by Crippen LogP contribution is 2.19. The van der Waals surface area contributed by atoms with E-state index in [-0.39, 0.29) is 18.1 Å². The molecule has 1 aromatic carbocycles. The Morgan fingerprint density at radius 3 is 3.05 bits per heavy atom. The van der Waals surface area contributed by atoms with Crippen molar-refractivity contribution in [1.29, 1.82) is 0 Å². The van der Waals surface area contributed by atoms with Crippen molar-refractivity contribution in [2.45, 2.75) is 32.0 Å². The third kappa shape index (κ3) is 3.00. The van der Waals surface area contributed by atoms with E-state index in [0.29, 0.717) is 26.2 Å². The van der Waals surface area contributed by atoms with E-state index in [1.54, 1.807) is 7.11 Å². The second kappa shape index (κ2) is 6.50. The van der Waals surface area contributed by atoms with E-state index in [1.165, 1.54) is 16.6 Å². The maximum atomic E-state index is 12.2. The molecule has 1 aromatic heterocycles. The van der Waals surface area contributed by atoms with Crippen LogP contribution in [0.4, 0.5) is 0 Å². The smallest absolute Gasteiger partial charge is 0.222 e. The number of benzene rings is 1. The highest BCUT2D eigenvalue weighted by atomic mass is 16.5. The van der Waals surface area contributed by atoms with Crippen molar-refractivity contribution in [3.05, 3.63) is 36.0 Å². The number of para-hydroxylation sites is 1. The van der Waals surface area contributed by atoms with Crippen LogP contribution in [-0.4, -0.2) is 42.9 Å². The minimum absolute atomic E-state index is 0.0368. The average Bonchev–Trinajstić information content (AvgIpc) is 3.08. The van der Waals surface area contributed by atoms with Crippen molar-refractivity contribution in [2.75, 3.05) is 20.3 Å². The van der Waals surface area contributed by atoms with Crippen LogP contribution < -0.4 is 5.32 Å². The number of aromatic nitrogens is 1. The molecule has 0 bridgehead atoms. The lowest BCUT2D eigenvalue weighted by molar-refractivity contribution is -0.122. The van der Waals surface area contributed by atoms with Gasteiger partial charge in [0.25, 0.3) is 0 Å². The predicted octanol–water partition coefficient (Wildman–Crippen LogP) is 1.87. The van der Waals surface area contributed by atoms with E-state index in [2.05, 4.69) is 35.0 Å². The summed E-state index contributed by atoms with van der Waals surface area (Å²) in [6, 6.07) is 10.4. The van der Waals surface area contributed by atoms with Gasteiger partial charge in [-0.05, 0) is 24.4 Å². The van der Waals surface area contributed by atoms with Gasteiger partial charge in [-0.1, -0.05) is 18.2 Å². The summed E-state index contributed by atoms with van der Waals surface area (Å²) in [5, 5.41) is 4.22. The highest BCUT2D eigenvalue weighted by Gasteiger charge is 2.29. The second-order valence-electron chi connectivity index (χ2n) is 5.73. The monoisotopic (exact) mass is 302 g/mol. The molecule has 1 fully saturated rings. The van der Waals surface area contributed by atoms with Crippen LogP contribution in [0.5, 0.6) is 0 Å². The molecular formula is C17H22N2O3. The van der Waals surface area contributed by atoms with Gasteiger partial charge in [-0.25, -0.2) is 0 Å². The summed E-state index contributed by atoms with van der Waals surface area (Å²) in [7, 11) is 1.65. The van der Waals surface area contributed by atoms with Crippen molar-refractivity contribution in [3.8, 4) is 0 Å². The number of hydrogen-bond acceptors (Lipinski definition) is 3. The van der Waals surface area contributed by atoms with Crippen molar-refractivity contribution < 1.29 is 14.3 Å². The minimum Gasteiger partial charge on any atom is -0.377 e. The van der Waals surface area contributed by atoms with Gasteiger partial charge in [0, 0.05) is 31.3 Å². The van der Waals surface area contributed by atoms with Gasteiger partial charge in [-0.15, -0.1) is 0 Å². The Bertz CT molecular complexity index is 665. The van der Waals surface area contributed by atoms with Crippen LogP contribution in [0, 0.1) is 6.92 Å². The zero-order valence-electron chi connectivity index (χ0n) is 13.0. The van der Waals surface area contributed by atoms with Crippen LogP contribution in [0.1, 0.15) is 12.1 Å². The molecule has 0 aliphatic carbocycles. The molecule has 0 spiro atoms. The maximum absolute atomic E-state index is 12.2. The number of rotatable bonds is 5. The number of aryl methyl sites for hydroxylation is 2. The van der Waals surface area contributed by atoms with Gasteiger partial charge >= 0.3 is 0 Å². The van der Waals surface area contributed by atoms with Gasteiger partial charge in [0.2, 0.25) is 5.91 Å². The van der Waals surface area contributed by atoms with E-state index < -0.39 is 0 Å². The number of nitrogens with one attached hydrogen (secondary N) is 1.